The molecule has 1 atom stereocenters. The molecule has 0 aromatic heterocycles. The van der Waals surface area contributed by atoms with Gasteiger partial charge in [-0.2, -0.15) is 0 Å². The first-order valence-corrected chi connectivity index (χ1v) is 8.56. The van der Waals surface area contributed by atoms with Gasteiger partial charge in [-0.15, -0.1) is 0 Å². The zero-order valence-corrected chi connectivity index (χ0v) is 13.2. The molecule has 1 aromatic rings. The zero-order chi connectivity index (χ0) is 14.8. The van der Waals surface area contributed by atoms with Crippen LogP contribution in [0.5, 0.6) is 0 Å². The van der Waals surface area contributed by atoms with Gasteiger partial charge >= 0.3 is 0 Å². The van der Waals surface area contributed by atoms with Gasteiger partial charge in [-0.25, -0.2) is 8.42 Å². The van der Waals surface area contributed by atoms with Crippen molar-refractivity contribution in [1.82, 2.24) is 4.72 Å². The van der Waals surface area contributed by atoms with Gasteiger partial charge in [0.2, 0.25) is 10.0 Å². The Kier molecular flexibility index (Phi) is 4.23. The second kappa shape index (κ2) is 5.60. The predicted octanol–water partition coefficient (Wildman–Crippen LogP) is 3.56. The molecule has 1 aromatic carbocycles. The lowest BCUT2D eigenvalue weighted by molar-refractivity contribution is 0.544. The fraction of sp³-hybridized carbons (Fsp3) is 0.500. The smallest absolute Gasteiger partial charge is 0.237 e. The Balaban J connectivity index is 2.19. The number of hydrogen-bond donors (Lipinski definition) is 1. The van der Waals surface area contributed by atoms with Crippen LogP contribution in [0.25, 0.3) is 0 Å². The number of nitrogens with one attached hydrogen (secondary N) is 1. The molecule has 0 bridgehead atoms. The highest BCUT2D eigenvalue weighted by Crippen LogP contribution is 2.30. The van der Waals surface area contributed by atoms with E-state index in [1.54, 1.807) is 20.8 Å². The summed E-state index contributed by atoms with van der Waals surface area (Å²) in [5, 5.41) is 0. The predicted molar refractivity (Wildman–Crippen MR) is 82.9 cm³/mol. The maximum atomic E-state index is 12.2. The van der Waals surface area contributed by atoms with E-state index in [0.717, 1.165) is 25.0 Å². The first-order valence-electron chi connectivity index (χ1n) is 7.07. The van der Waals surface area contributed by atoms with Gasteiger partial charge in [0, 0.05) is 11.6 Å². The highest BCUT2D eigenvalue weighted by atomic mass is 32.2. The van der Waals surface area contributed by atoms with Crippen LogP contribution in [-0.2, 0) is 10.0 Å². The highest BCUT2D eigenvalue weighted by molar-refractivity contribution is 7.90. The van der Waals surface area contributed by atoms with Gasteiger partial charge in [0.15, 0.2) is 0 Å². The normalized spacial score (nSPS) is 20.4. The first-order chi connectivity index (χ1) is 9.29. The second-order valence-corrected chi connectivity index (χ2v) is 8.75. The van der Waals surface area contributed by atoms with E-state index in [0.29, 0.717) is 5.92 Å². The average Bonchev–Trinajstić information content (AvgIpc) is 2.38. The van der Waals surface area contributed by atoms with Crippen molar-refractivity contribution in [2.24, 2.45) is 0 Å². The van der Waals surface area contributed by atoms with Crippen LogP contribution in [0.1, 0.15) is 51.5 Å². The fourth-order valence-corrected chi connectivity index (χ4v) is 3.12. The minimum absolute atomic E-state index is 0.308. The van der Waals surface area contributed by atoms with Crippen molar-refractivity contribution in [3.05, 3.63) is 47.7 Å². The van der Waals surface area contributed by atoms with E-state index in [2.05, 4.69) is 22.9 Å². The van der Waals surface area contributed by atoms with E-state index in [1.165, 1.54) is 5.56 Å². The van der Waals surface area contributed by atoms with E-state index in [9.17, 15) is 8.42 Å². The maximum Gasteiger partial charge on any atom is 0.237 e. The molecule has 0 heterocycles. The molecule has 0 spiro atoms. The monoisotopic (exact) mass is 293 g/mol. The maximum absolute atomic E-state index is 12.2. The lowest BCUT2D eigenvalue weighted by Crippen LogP contribution is -2.39. The molecule has 0 saturated carbocycles. The van der Waals surface area contributed by atoms with Gasteiger partial charge in [0.25, 0.3) is 0 Å². The largest absolute Gasteiger partial charge is 0.287 e. The Labute approximate surface area is 122 Å². The second-order valence-electron chi connectivity index (χ2n) is 6.32. The number of hydrogen-bond acceptors (Lipinski definition) is 2. The van der Waals surface area contributed by atoms with Crippen molar-refractivity contribution in [1.29, 1.82) is 0 Å². The molecule has 0 aliphatic heterocycles. The molecule has 4 heteroatoms. The summed E-state index contributed by atoms with van der Waals surface area (Å²) >= 11 is 0. The van der Waals surface area contributed by atoms with Crippen LogP contribution in [0.15, 0.2) is 42.1 Å². The molecule has 0 amide bonds. The van der Waals surface area contributed by atoms with E-state index in [1.807, 2.05) is 18.2 Å². The number of allylic oxidation sites excluding steroid dienone is 2. The van der Waals surface area contributed by atoms with Crippen molar-refractivity contribution in [3.63, 3.8) is 0 Å². The molecule has 0 unspecified atom stereocenters. The summed E-state index contributed by atoms with van der Waals surface area (Å²) in [4.78, 5) is 0. The van der Waals surface area contributed by atoms with Gasteiger partial charge in [-0.3, -0.25) is 4.72 Å². The molecule has 1 N–H and O–H groups in total. The minimum atomic E-state index is -3.32. The summed E-state index contributed by atoms with van der Waals surface area (Å²) < 4.78 is 26.4. The van der Waals surface area contributed by atoms with E-state index >= 15 is 0 Å². The minimum Gasteiger partial charge on any atom is -0.287 e. The van der Waals surface area contributed by atoms with Crippen molar-refractivity contribution >= 4 is 10.0 Å². The summed E-state index contributed by atoms with van der Waals surface area (Å²) in [6.45, 7) is 5.15. The molecule has 3 nitrogen and oxygen atoms in total. The standard InChI is InChI=1S/C16H23NO2S/c1-16(2,3)20(18,19)17-15-11-7-10-14(12-15)13-8-5-4-6-9-13/h4-6,8-9,12,14,17H,7,10-11H2,1-3H3/t14-/m0/s1. The molecule has 110 valence electrons. The van der Waals surface area contributed by atoms with Gasteiger partial charge in [0.05, 0.1) is 4.75 Å². The molecular weight excluding hydrogens is 270 g/mol. The van der Waals surface area contributed by atoms with Crippen molar-refractivity contribution in [2.45, 2.75) is 50.7 Å². The Hall–Kier alpha value is -1.29. The fourth-order valence-electron chi connectivity index (χ4n) is 2.30. The van der Waals surface area contributed by atoms with Crippen molar-refractivity contribution in [2.75, 3.05) is 0 Å². The van der Waals surface area contributed by atoms with Crippen LogP contribution in [0.3, 0.4) is 0 Å². The quantitative estimate of drug-likeness (QED) is 0.926. The highest BCUT2D eigenvalue weighted by Gasteiger charge is 2.30. The van der Waals surface area contributed by atoms with E-state index in [-0.39, 0.29) is 0 Å². The molecular formula is C16H23NO2S. The zero-order valence-electron chi connectivity index (χ0n) is 12.4. The van der Waals surface area contributed by atoms with Crippen LogP contribution in [-0.4, -0.2) is 13.2 Å². The Morgan fingerprint density at radius 2 is 1.80 bits per heavy atom. The third-order valence-electron chi connectivity index (χ3n) is 3.66. The van der Waals surface area contributed by atoms with Crippen LogP contribution < -0.4 is 4.72 Å². The van der Waals surface area contributed by atoms with Gasteiger partial charge in [0.1, 0.15) is 0 Å². The third-order valence-corrected chi connectivity index (χ3v) is 5.81. The van der Waals surface area contributed by atoms with Crippen LogP contribution in [0.4, 0.5) is 0 Å². The molecule has 1 aliphatic rings. The van der Waals surface area contributed by atoms with Crippen LogP contribution >= 0.6 is 0 Å². The third kappa shape index (κ3) is 3.42. The molecule has 1 aliphatic carbocycles. The van der Waals surface area contributed by atoms with E-state index in [4.69, 9.17) is 0 Å². The SMILES string of the molecule is CC(C)(C)S(=O)(=O)NC1=C[C@@H](c2ccccc2)CCC1. The summed E-state index contributed by atoms with van der Waals surface area (Å²) in [5.41, 5.74) is 2.08. The Morgan fingerprint density at radius 1 is 1.15 bits per heavy atom. The average molecular weight is 293 g/mol. The topological polar surface area (TPSA) is 46.2 Å². The molecule has 0 saturated heterocycles. The van der Waals surface area contributed by atoms with Crippen molar-refractivity contribution < 1.29 is 8.42 Å². The van der Waals surface area contributed by atoms with Crippen LogP contribution in [0, 0.1) is 0 Å². The summed E-state index contributed by atoms with van der Waals surface area (Å²) in [6, 6.07) is 10.2. The van der Waals surface area contributed by atoms with Gasteiger partial charge in [-0.05, 0) is 45.6 Å². The van der Waals surface area contributed by atoms with Crippen molar-refractivity contribution in [3.8, 4) is 0 Å². The van der Waals surface area contributed by atoms with Gasteiger partial charge < -0.3 is 0 Å². The first kappa shape index (κ1) is 15.1. The Morgan fingerprint density at radius 3 is 2.40 bits per heavy atom. The van der Waals surface area contributed by atoms with E-state index < -0.39 is 14.8 Å². The van der Waals surface area contributed by atoms with Gasteiger partial charge in [-0.1, -0.05) is 36.4 Å². The molecule has 0 radical (unpaired) electrons. The summed E-state index contributed by atoms with van der Waals surface area (Å²) in [5.74, 6) is 0.308. The van der Waals surface area contributed by atoms with Crippen LogP contribution in [0.2, 0.25) is 0 Å². The number of rotatable bonds is 3. The Bertz CT molecular complexity index is 583. The summed E-state index contributed by atoms with van der Waals surface area (Å²) in [6.07, 6.45) is 4.96. The summed E-state index contributed by atoms with van der Waals surface area (Å²) in [7, 11) is -3.32. The number of benzene rings is 1. The lowest BCUT2D eigenvalue weighted by Gasteiger charge is -2.26. The molecule has 2 rings (SSSR count). The molecule has 20 heavy (non-hydrogen) atoms. The number of sulfonamides is 1. The lowest BCUT2D eigenvalue weighted by atomic mass is 9.88. The molecule has 0 fully saturated rings.